The summed E-state index contributed by atoms with van der Waals surface area (Å²) >= 11 is 16.8. The lowest BCUT2D eigenvalue weighted by atomic mass is 10.0. The Morgan fingerprint density at radius 1 is 1.36 bits per heavy atom. The molecule has 1 aromatic heterocycles. The van der Waals surface area contributed by atoms with E-state index in [1.165, 1.54) is 11.7 Å². The average Bonchev–Trinajstić information content (AvgIpc) is 2.74. The number of hydrogen-bond donors (Lipinski definition) is 1. The van der Waals surface area contributed by atoms with Gasteiger partial charge in [0.1, 0.15) is 10.7 Å². The number of aryl methyl sites for hydroxylation is 1. The fraction of sp³-hybridized carbons (Fsp3) is 0.357. The van der Waals surface area contributed by atoms with Crippen LogP contribution >= 0.6 is 35.8 Å². The average molecular weight is 367 g/mol. The lowest BCUT2D eigenvalue weighted by Crippen LogP contribution is -2.06. The first kappa shape index (κ1) is 17.4. The number of halogens is 4. The molecule has 8 heteroatoms. The van der Waals surface area contributed by atoms with E-state index < -0.39 is 6.61 Å². The predicted molar refractivity (Wildman–Crippen MR) is 87.3 cm³/mol. The van der Waals surface area contributed by atoms with Gasteiger partial charge in [-0.25, -0.2) is 4.68 Å². The van der Waals surface area contributed by atoms with Gasteiger partial charge in [-0.1, -0.05) is 36.2 Å². The summed E-state index contributed by atoms with van der Waals surface area (Å²) in [5.41, 5.74) is 1.86. The predicted octanol–water partition coefficient (Wildman–Crippen LogP) is 5.38. The SMILES string of the molecule is CCC(S)c1cc(-c2nn(C)c(OC(F)F)c2Cl)ccc1Cl. The zero-order valence-corrected chi connectivity index (χ0v) is 14.3. The molecular formula is C14H14Cl2F2N2OS. The third-order valence-electron chi connectivity index (χ3n) is 3.16. The van der Waals surface area contributed by atoms with Gasteiger partial charge in [-0.3, -0.25) is 0 Å². The topological polar surface area (TPSA) is 27.1 Å². The number of alkyl halides is 2. The Labute approximate surface area is 142 Å². The van der Waals surface area contributed by atoms with E-state index in [9.17, 15) is 8.78 Å². The summed E-state index contributed by atoms with van der Waals surface area (Å²) < 4.78 is 30.4. The third kappa shape index (κ3) is 3.50. The minimum Gasteiger partial charge on any atom is -0.416 e. The second-order valence-corrected chi connectivity index (χ2v) is 6.04. The number of benzene rings is 1. The first-order valence-electron chi connectivity index (χ1n) is 6.50. The minimum absolute atomic E-state index is 0.0308. The lowest BCUT2D eigenvalue weighted by Gasteiger charge is -2.12. The summed E-state index contributed by atoms with van der Waals surface area (Å²) in [6, 6.07) is 5.25. The molecule has 2 rings (SSSR count). The normalized spacial score (nSPS) is 12.7. The van der Waals surface area contributed by atoms with Crippen LogP contribution in [-0.2, 0) is 7.05 Å². The molecule has 0 radical (unpaired) electrons. The van der Waals surface area contributed by atoms with Crippen molar-refractivity contribution in [2.75, 3.05) is 0 Å². The van der Waals surface area contributed by atoms with Crippen LogP contribution in [0.25, 0.3) is 11.3 Å². The van der Waals surface area contributed by atoms with Gasteiger partial charge in [0.15, 0.2) is 0 Å². The van der Waals surface area contributed by atoms with Crippen molar-refractivity contribution in [3.63, 3.8) is 0 Å². The highest BCUT2D eigenvalue weighted by molar-refractivity contribution is 7.80. The molecule has 0 bridgehead atoms. The zero-order chi connectivity index (χ0) is 16.4. The molecule has 0 aliphatic carbocycles. The molecule has 0 saturated carbocycles. The van der Waals surface area contributed by atoms with Crippen LogP contribution in [0, 0.1) is 0 Å². The molecule has 0 spiro atoms. The molecule has 1 heterocycles. The van der Waals surface area contributed by atoms with Crippen LogP contribution in [0.15, 0.2) is 18.2 Å². The summed E-state index contributed by atoms with van der Waals surface area (Å²) in [7, 11) is 1.48. The Morgan fingerprint density at radius 2 is 2.05 bits per heavy atom. The lowest BCUT2D eigenvalue weighted by molar-refractivity contribution is -0.0552. The summed E-state index contributed by atoms with van der Waals surface area (Å²) in [5, 5.41) is 4.73. The van der Waals surface area contributed by atoms with E-state index in [0.717, 1.165) is 12.0 Å². The Hall–Kier alpha value is -0.980. The number of nitrogens with zero attached hydrogens (tertiary/aromatic N) is 2. The van der Waals surface area contributed by atoms with E-state index in [2.05, 4.69) is 22.5 Å². The molecule has 0 saturated heterocycles. The molecule has 0 aliphatic heterocycles. The van der Waals surface area contributed by atoms with Crippen molar-refractivity contribution in [3.8, 4) is 17.1 Å². The van der Waals surface area contributed by atoms with Crippen LogP contribution in [0.5, 0.6) is 5.88 Å². The van der Waals surface area contributed by atoms with Gasteiger partial charge in [-0.15, -0.1) is 0 Å². The third-order valence-corrected chi connectivity index (χ3v) is 4.48. The van der Waals surface area contributed by atoms with Gasteiger partial charge in [-0.05, 0) is 24.1 Å². The molecule has 22 heavy (non-hydrogen) atoms. The number of aromatic nitrogens is 2. The van der Waals surface area contributed by atoms with E-state index in [0.29, 0.717) is 16.3 Å². The van der Waals surface area contributed by atoms with Gasteiger partial charge in [0.05, 0.1) is 0 Å². The molecule has 1 aromatic carbocycles. The van der Waals surface area contributed by atoms with Crippen molar-refractivity contribution in [3.05, 3.63) is 33.8 Å². The van der Waals surface area contributed by atoms with Gasteiger partial charge in [0, 0.05) is 22.9 Å². The van der Waals surface area contributed by atoms with E-state index in [1.807, 2.05) is 13.0 Å². The first-order chi connectivity index (χ1) is 10.3. The highest BCUT2D eigenvalue weighted by atomic mass is 35.5. The zero-order valence-electron chi connectivity index (χ0n) is 11.9. The molecule has 1 atom stereocenters. The monoisotopic (exact) mass is 366 g/mol. The van der Waals surface area contributed by atoms with Crippen molar-refractivity contribution in [2.24, 2.45) is 7.05 Å². The second-order valence-electron chi connectivity index (χ2n) is 4.63. The quantitative estimate of drug-likeness (QED) is 0.719. The number of hydrogen-bond acceptors (Lipinski definition) is 3. The van der Waals surface area contributed by atoms with Crippen LogP contribution < -0.4 is 4.74 Å². The fourth-order valence-corrected chi connectivity index (χ4v) is 2.90. The van der Waals surface area contributed by atoms with Crippen molar-refractivity contribution in [2.45, 2.75) is 25.2 Å². The molecule has 120 valence electrons. The molecule has 0 fully saturated rings. The summed E-state index contributed by atoms with van der Waals surface area (Å²) in [6.45, 7) is -0.980. The number of rotatable bonds is 5. The summed E-state index contributed by atoms with van der Waals surface area (Å²) in [6.07, 6.45) is 0.794. The van der Waals surface area contributed by atoms with Crippen LogP contribution in [-0.4, -0.2) is 16.4 Å². The second kappa shape index (κ2) is 7.06. The van der Waals surface area contributed by atoms with Gasteiger partial charge in [0.25, 0.3) is 0 Å². The van der Waals surface area contributed by atoms with Crippen molar-refractivity contribution in [1.82, 2.24) is 9.78 Å². The van der Waals surface area contributed by atoms with Crippen LogP contribution in [0.1, 0.15) is 24.2 Å². The summed E-state index contributed by atoms with van der Waals surface area (Å²) in [5.74, 6) is -0.180. The Bertz CT molecular complexity index is 679. The van der Waals surface area contributed by atoms with Crippen LogP contribution in [0.3, 0.4) is 0 Å². The van der Waals surface area contributed by atoms with Gasteiger partial charge < -0.3 is 4.74 Å². The Morgan fingerprint density at radius 3 is 2.64 bits per heavy atom. The van der Waals surface area contributed by atoms with Crippen molar-refractivity contribution < 1.29 is 13.5 Å². The van der Waals surface area contributed by atoms with Gasteiger partial charge >= 0.3 is 6.61 Å². The maximum Gasteiger partial charge on any atom is 0.388 e. The van der Waals surface area contributed by atoms with E-state index in [-0.39, 0.29) is 16.2 Å². The minimum atomic E-state index is -2.97. The highest BCUT2D eigenvalue weighted by Crippen LogP contribution is 2.38. The van der Waals surface area contributed by atoms with Gasteiger partial charge in [0.2, 0.25) is 5.88 Å². The fourth-order valence-electron chi connectivity index (χ4n) is 2.05. The molecule has 1 unspecified atom stereocenters. The molecule has 0 amide bonds. The van der Waals surface area contributed by atoms with Crippen molar-refractivity contribution in [1.29, 1.82) is 0 Å². The molecule has 0 aliphatic rings. The largest absolute Gasteiger partial charge is 0.416 e. The van der Waals surface area contributed by atoms with E-state index >= 15 is 0 Å². The maximum atomic E-state index is 12.4. The molecular weight excluding hydrogens is 353 g/mol. The first-order valence-corrected chi connectivity index (χ1v) is 7.77. The number of ether oxygens (including phenoxy) is 1. The van der Waals surface area contributed by atoms with Crippen molar-refractivity contribution >= 4 is 35.8 Å². The highest BCUT2D eigenvalue weighted by Gasteiger charge is 2.21. The smallest absolute Gasteiger partial charge is 0.388 e. The Balaban J connectivity index is 2.49. The van der Waals surface area contributed by atoms with Gasteiger partial charge in [-0.2, -0.15) is 26.5 Å². The Kier molecular flexibility index (Phi) is 5.58. The molecule has 3 nitrogen and oxygen atoms in total. The van der Waals surface area contributed by atoms with Crippen LogP contribution in [0.2, 0.25) is 10.0 Å². The molecule has 2 aromatic rings. The molecule has 0 N–H and O–H groups in total. The standard InChI is InChI=1S/C14H14Cl2F2N2OS/c1-3-10(22)8-6-7(4-5-9(8)15)12-11(16)13(20(2)19-12)21-14(17)18/h4-6,10,14,22H,3H2,1-2H3. The van der Waals surface area contributed by atoms with Crippen LogP contribution in [0.4, 0.5) is 8.78 Å². The van der Waals surface area contributed by atoms with E-state index in [1.54, 1.807) is 12.1 Å². The number of thiol groups is 1. The summed E-state index contributed by atoms with van der Waals surface area (Å²) in [4.78, 5) is 0. The maximum absolute atomic E-state index is 12.4. The van der Waals surface area contributed by atoms with E-state index in [4.69, 9.17) is 23.2 Å².